The van der Waals surface area contributed by atoms with E-state index < -0.39 is 23.7 Å². The summed E-state index contributed by atoms with van der Waals surface area (Å²) in [6.45, 7) is 0.989. The molecule has 0 N–H and O–H groups in total. The SMILES string of the molecule is CC(F)C(=O)c1cccc(C(F)(F)F)c1. The van der Waals surface area contributed by atoms with E-state index in [4.69, 9.17) is 0 Å². The Bertz CT molecular complexity index is 368. The predicted octanol–water partition coefficient (Wildman–Crippen LogP) is 3.25. The molecule has 0 saturated heterocycles. The molecule has 0 amide bonds. The molecule has 0 aliphatic heterocycles. The van der Waals surface area contributed by atoms with Crippen molar-refractivity contribution >= 4 is 5.78 Å². The van der Waals surface area contributed by atoms with E-state index in [-0.39, 0.29) is 5.56 Å². The fraction of sp³-hybridized carbons (Fsp3) is 0.300. The van der Waals surface area contributed by atoms with E-state index >= 15 is 0 Å². The lowest BCUT2D eigenvalue weighted by Crippen LogP contribution is -2.13. The van der Waals surface area contributed by atoms with Crippen LogP contribution in [0.4, 0.5) is 17.6 Å². The summed E-state index contributed by atoms with van der Waals surface area (Å²) in [7, 11) is 0. The Balaban J connectivity index is 3.09. The number of carbonyl (C=O) groups is 1. The van der Waals surface area contributed by atoms with Crippen LogP contribution in [0.1, 0.15) is 22.8 Å². The fourth-order valence-corrected chi connectivity index (χ4v) is 1.08. The highest BCUT2D eigenvalue weighted by Crippen LogP contribution is 2.29. The molecular weight excluding hydrogens is 212 g/mol. The van der Waals surface area contributed by atoms with E-state index in [2.05, 4.69) is 0 Å². The molecule has 15 heavy (non-hydrogen) atoms. The van der Waals surface area contributed by atoms with E-state index in [1.807, 2.05) is 0 Å². The van der Waals surface area contributed by atoms with Gasteiger partial charge in [0, 0.05) is 5.56 Å². The molecular formula is C10H8F4O. The molecule has 0 radical (unpaired) electrons. The maximum absolute atomic E-state index is 12.6. The van der Waals surface area contributed by atoms with Crippen LogP contribution in [0.3, 0.4) is 0 Å². The van der Waals surface area contributed by atoms with Crippen LogP contribution in [-0.2, 0) is 6.18 Å². The zero-order chi connectivity index (χ0) is 11.6. The van der Waals surface area contributed by atoms with Crippen molar-refractivity contribution in [3.63, 3.8) is 0 Å². The van der Waals surface area contributed by atoms with E-state index in [1.54, 1.807) is 0 Å². The topological polar surface area (TPSA) is 17.1 Å². The first-order chi connectivity index (χ1) is 6.82. The van der Waals surface area contributed by atoms with Crippen molar-refractivity contribution in [1.29, 1.82) is 0 Å². The molecule has 1 aromatic rings. The van der Waals surface area contributed by atoms with Crippen molar-refractivity contribution in [3.05, 3.63) is 35.4 Å². The first-order valence-electron chi connectivity index (χ1n) is 4.18. The molecule has 1 unspecified atom stereocenters. The molecule has 0 aliphatic carbocycles. The van der Waals surface area contributed by atoms with Gasteiger partial charge in [-0.05, 0) is 19.1 Å². The Morgan fingerprint density at radius 1 is 1.33 bits per heavy atom. The molecule has 1 atom stereocenters. The number of ketones is 1. The summed E-state index contributed by atoms with van der Waals surface area (Å²) >= 11 is 0. The highest BCUT2D eigenvalue weighted by molar-refractivity contribution is 5.99. The molecule has 5 heteroatoms. The molecule has 0 heterocycles. The standard InChI is InChI=1S/C10H8F4O/c1-6(11)9(15)7-3-2-4-8(5-7)10(12,13)14/h2-6H,1H3. The lowest BCUT2D eigenvalue weighted by atomic mass is 10.0. The van der Waals surface area contributed by atoms with Gasteiger partial charge in [-0.2, -0.15) is 13.2 Å². The summed E-state index contributed by atoms with van der Waals surface area (Å²) in [5, 5.41) is 0. The van der Waals surface area contributed by atoms with Crippen LogP contribution in [0.5, 0.6) is 0 Å². The summed E-state index contributed by atoms with van der Waals surface area (Å²) in [4.78, 5) is 11.1. The second kappa shape index (κ2) is 4.00. The molecule has 0 aliphatic rings. The molecule has 0 spiro atoms. The van der Waals surface area contributed by atoms with Gasteiger partial charge < -0.3 is 0 Å². The van der Waals surface area contributed by atoms with E-state index in [0.29, 0.717) is 6.07 Å². The summed E-state index contributed by atoms with van der Waals surface area (Å²) in [6.07, 6.45) is -6.32. The zero-order valence-electron chi connectivity index (χ0n) is 7.81. The second-order valence-electron chi connectivity index (χ2n) is 3.06. The van der Waals surface area contributed by atoms with Gasteiger partial charge in [0.1, 0.15) is 0 Å². The van der Waals surface area contributed by atoms with Crippen LogP contribution < -0.4 is 0 Å². The third-order valence-corrected chi connectivity index (χ3v) is 1.84. The predicted molar refractivity (Wildman–Crippen MR) is 46.3 cm³/mol. The van der Waals surface area contributed by atoms with Gasteiger partial charge in [-0.25, -0.2) is 4.39 Å². The zero-order valence-corrected chi connectivity index (χ0v) is 7.81. The minimum atomic E-state index is -4.52. The number of hydrogen-bond acceptors (Lipinski definition) is 1. The molecule has 0 bridgehead atoms. The van der Waals surface area contributed by atoms with E-state index in [0.717, 1.165) is 25.1 Å². The van der Waals surface area contributed by atoms with Crippen LogP contribution >= 0.6 is 0 Å². The van der Waals surface area contributed by atoms with Crippen molar-refractivity contribution in [2.75, 3.05) is 0 Å². The molecule has 82 valence electrons. The Hall–Kier alpha value is -1.39. The van der Waals surface area contributed by atoms with Gasteiger partial charge in [0.05, 0.1) is 5.56 Å². The third-order valence-electron chi connectivity index (χ3n) is 1.84. The highest BCUT2D eigenvalue weighted by atomic mass is 19.4. The summed E-state index contributed by atoms with van der Waals surface area (Å²) in [6, 6.07) is 3.73. The molecule has 1 aromatic carbocycles. The number of alkyl halides is 4. The lowest BCUT2D eigenvalue weighted by Gasteiger charge is -2.08. The second-order valence-corrected chi connectivity index (χ2v) is 3.06. The number of carbonyl (C=O) groups excluding carboxylic acids is 1. The van der Waals surface area contributed by atoms with Crippen molar-refractivity contribution < 1.29 is 22.4 Å². The van der Waals surface area contributed by atoms with Crippen molar-refractivity contribution in [2.24, 2.45) is 0 Å². The Labute approximate surface area is 83.7 Å². The number of Topliss-reactive ketones (excluding diaryl/α,β-unsaturated/α-hetero) is 1. The number of halogens is 4. The van der Waals surface area contributed by atoms with Gasteiger partial charge in [0.15, 0.2) is 12.0 Å². The minimum Gasteiger partial charge on any atom is -0.291 e. The van der Waals surface area contributed by atoms with Crippen LogP contribution in [0.25, 0.3) is 0 Å². The lowest BCUT2D eigenvalue weighted by molar-refractivity contribution is -0.137. The van der Waals surface area contributed by atoms with Gasteiger partial charge in [-0.3, -0.25) is 4.79 Å². The summed E-state index contributed by atoms with van der Waals surface area (Å²) in [5.74, 6) is -0.943. The molecule has 1 nitrogen and oxygen atoms in total. The van der Waals surface area contributed by atoms with Crippen molar-refractivity contribution in [3.8, 4) is 0 Å². The first kappa shape index (κ1) is 11.7. The highest BCUT2D eigenvalue weighted by Gasteiger charge is 2.31. The van der Waals surface area contributed by atoms with Crippen LogP contribution in [0.15, 0.2) is 24.3 Å². The van der Waals surface area contributed by atoms with Crippen LogP contribution in [0.2, 0.25) is 0 Å². The van der Waals surface area contributed by atoms with Gasteiger partial charge in [-0.1, -0.05) is 12.1 Å². The number of benzene rings is 1. The molecule has 0 aromatic heterocycles. The average Bonchev–Trinajstić information content (AvgIpc) is 2.15. The van der Waals surface area contributed by atoms with Gasteiger partial charge in [-0.15, -0.1) is 0 Å². The van der Waals surface area contributed by atoms with Crippen LogP contribution in [-0.4, -0.2) is 12.0 Å². The average molecular weight is 220 g/mol. The third kappa shape index (κ3) is 2.78. The Morgan fingerprint density at radius 3 is 2.40 bits per heavy atom. The van der Waals surface area contributed by atoms with Crippen molar-refractivity contribution in [2.45, 2.75) is 19.3 Å². The fourth-order valence-electron chi connectivity index (χ4n) is 1.08. The van der Waals surface area contributed by atoms with Gasteiger partial charge in [0.25, 0.3) is 0 Å². The summed E-state index contributed by atoms with van der Waals surface area (Å²) < 4.78 is 49.3. The van der Waals surface area contributed by atoms with E-state index in [1.165, 1.54) is 0 Å². The largest absolute Gasteiger partial charge is 0.416 e. The maximum Gasteiger partial charge on any atom is 0.416 e. The monoisotopic (exact) mass is 220 g/mol. The molecule has 0 fully saturated rings. The van der Waals surface area contributed by atoms with Crippen molar-refractivity contribution in [1.82, 2.24) is 0 Å². The number of rotatable bonds is 2. The van der Waals surface area contributed by atoms with Crippen LogP contribution in [0, 0.1) is 0 Å². The first-order valence-corrected chi connectivity index (χ1v) is 4.18. The van der Waals surface area contributed by atoms with Gasteiger partial charge in [0.2, 0.25) is 0 Å². The van der Waals surface area contributed by atoms with E-state index in [9.17, 15) is 22.4 Å². The maximum atomic E-state index is 12.6. The molecule has 1 rings (SSSR count). The van der Waals surface area contributed by atoms with Gasteiger partial charge >= 0.3 is 6.18 Å². The number of hydrogen-bond donors (Lipinski definition) is 0. The minimum absolute atomic E-state index is 0.264. The quantitative estimate of drug-likeness (QED) is 0.552. The Morgan fingerprint density at radius 2 is 1.93 bits per heavy atom. The smallest absolute Gasteiger partial charge is 0.291 e. The molecule has 0 saturated carbocycles. The Kier molecular flexibility index (Phi) is 3.12. The normalized spacial score (nSPS) is 13.7. The summed E-state index contributed by atoms with van der Waals surface area (Å²) in [5.41, 5.74) is -1.21.